The highest BCUT2D eigenvalue weighted by Crippen LogP contribution is 2.27. The molecular weight excluding hydrogens is 331 g/mol. The maximum Gasteiger partial charge on any atom is 0.471 e. The Bertz CT molecular complexity index is 669. The summed E-state index contributed by atoms with van der Waals surface area (Å²) in [5.74, 6) is -1.36. The van der Waals surface area contributed by atoms with Crippen LogP contribution in [0, 0.1) is 0 Å². The van der Waals surface area contributed by atoms with E-state index < -0.39 is 12.1 Å². The van der Waals surface area contributed by atoms with Gasteiger partial charge in [0.05, 0.1) is 13.7 Å². The summed E-state index contributed by atoms with van der Waals surface area (Å²) in [6, 6.07) is 12.0. The minimum Gasteiger partial charge on any atom is -0.497 e. The number of ether oxygens (including phenoxy) is 1. The molecule has 0 atom stereocenters. The lowest BCUT2D eigenvalue weighted by Gasteiger charge is -2.24. The van der Waals surface area contributed by atoms with Crippen LogP contribution in [0.5, 0.6) is 5.75 Å². The summed E-state index contributed by atoms with van der Waals surface area (Å²) in [4.78, 5) is 12.4. The van der Waals surface area contributed by atoms with E-state index in [9.17, 15) is 18.0 Å². The molecule has 0 saturated carbocycles. The van der Waals surface area contributed by atoms with Crippen LogP contribution < -0.4 is 9.64 Å². The Hall–Kier alpha value is -2.21. The van der Waals surface area contributed by atoms with Crippen LogP contribution in [-0.2, 0) is 11.3 Å². The lowest BCUT2D eigenvalue weighted by Crippen LogP contribution is -2.40. The number of carbonyl (C=O) groups is 1. The van der Waals surface area contributed by atoms with E-state index in [0.717, 1.165) is 0 Å². The van der Waals surface area contributed by atoms with E-state index in [1.165, 1.54) is 31.4 Å². The highest BCUT2D eigenvalue weighted by molar-refractivity contribution is 6.30. The van der Waals surface area contributed by atoms with Crippen molar-refractivity contribution in [1.82, 2.24) is 0 Å². The molecule has 0 saturated heterocycles. The number of nitrogens with zero attached hydrogens (tertiary/aromatic N) is 1. The molecule has 2 aromatic rings. The van der Waals surface area contributed by atoms with Gasteiger partial charge < -0.3 is 9.64 Å². The van der Waals surface area contributed by atoms with Gasteiger partial charge in [-0.05, 0) is 42.0 Å². The molecule has 1 amide bonds. The molecule has 23 heavy (non-hydrogen) atoms. The van der Waals surface area contributed by atoms with Crippen molar-refractivity contribution in [2.75, 3.05) is 12.0 Å². The summed E-state index contributed by atoms with van der Waals surface area (Å²) in [5, 5.41) is 0.373. The molecule has 0 aliphatic carbocycles. The number of carbonyl (C=O) groups excluding carboxylic acids is 1. The summed E-state index contributed by atoms with van der Waals surface area (Å²) in [5.41, 5.74) is 0.658. The fraction of sp³-hybridized carbons (Fsp3) is 0.188. The van der Waals surface area contributed by atoms with Gasteiger partial charge in [0.2, 0.25) is 0 Å². The first kappa shape index (κ1) is 17.1. The van der Waals surface area contributed by atoms with Gasteiger partial charge in [0, 0.05) is 10.7 Å². The number of alkyl halides is 3. The molecule has 0 unspecified atom stereocenters. The smallest absolute Gasteiger partial charge is 0.471 e. The van der Waals surface area contributed by atoms with Crippen molar-refractivity contribution in [1.29, 1.82) is 0 Å². The van der Waals surface area contributed by atoms with E-state index in [4.69, 9.17) is 16.3 Å². The Kier molecular flexibility index (Phi) is 5.15. The SMILES string of the molecule is COc1ccc(CN(C(=O)C(F)(F)F)c2ccc(Cl)cc2)cc1. The second-order valence-electron chi connectivity index (χ2n) is 4.71. The van der Waals surface area contributed by atoms with Gasteiger partial charge in [-0.2, -0.15) is 13.2 Å². The summed E-state index contributed by atoms with van der Waals surface area (Å²) in [6.07, 6.45) is -4.97. The van der Waals surface area contributed by atoms with Gasteiger partial charge in [0.15, 0.2) is 0 Å². The Morgan fingerprint density at radius 3 is 2.13 bits per heavy atom. The molecule has 0 N–H and O–H groups in total. The van der Waals surface area contributed by atoms with Crippen molar-refractivity contribution >= 4 is 23.2 Å². The van der Waals surface area contributed by atoms with E-state index in [1.54, 1.807) is 24.3 Å². The number of halogens is 4. The molecule has 0 spiro atoms. The Balaban J connectivity index is 2.32. The van der Waals surface area contributed by atoms with Crippen molar-refractivity contribution in [2.45, 2.75) is 12.7 Å². The second kappa shape index (κ2) is 6.91. The summed E-state index contributed by atoms with van der Waals surface area (Å²) in [7, 11) is 1.49. The van der Waals surface area contributed by atoms with E-state index in [0.29, 0.717) is 21.2 Å². The fourth-order valence-electron chi connectivity index (χ4n) is 1.97. The zero-order valence-corrected chi connectivity index (χ0v) is 12.9. The second-order valence-corrected chi connectivity index (χ2v) is 5.15. The first-order valence-electron chi connectivity index (χ1n) is 6.58. The molecular formula is C16H13ClF3NO2. The third-order valence-corrected chi connectivity index (χ3v) is 3.38. The van der Waals surface area contributed by atoms with Crippen molar-refractivity contribution in [2.24, 2.45) is 0 Å². The lowest BCUT2D eigenvalue weighted by atomic mass is 10.2. The monoisotopic (exact) mass is 343 g/mol. The summed E-state index contributed by atoms with van der Waals surface area (Å²) < 4.78 is 43.5. The molecule has 3 nitrogen and oxygen atoms in total. The van der Waals surface area contributed by atoms with Gasteiger partial charge in [-0.3, -0.25) is 4.79 Å². The van der Waals surface area contributed by atoms with Crippen LogP contribution in [-0.4, -0.2) is 19.2 Å². The molecule has 2 aromatic carbocycles. The van der Waals surface area contributed by atoms with E-state index >= 15 is 0 Å². The van der Waals surface area contributed by atoms with E-state index in [1.807, 2.05) is 0 Å². The Morgan fingerprint density at radius 1 is 1.09 bits per heavy atom. The standard InChI is InChI=1S/C16H13ClF3NO2/c1-23-14-8-2-11(3-9-14)10-21(15(22)16(18,19)20)13-6-4-12(17)5-7-13/h2-9H,10H2,1H3. The number of amides is 1. The third kappa shape index (κ3) is 4.39. The zero-order valence-electron chi connectivity index (χ0n) is 12.1. The molecule has 0 heterocycles. The van der Waals surface area contributed by atoms with Gasteiger partial charge in [0.25, 0.3) is 0 Å². The van der Waals surface area contributed by atoms with Crippen LogP contribution in [0.15, 0.2) is 48.5 Å². The average Bonchev–Trinajstić information content (AvgIpc) is 2.52. The third-order valence-electron chi connectivity index (χ3n) is 3.13. The summed E-state index contributed by atoms with van der Waals surface area (Å²) in [6.45, 7) is -0.218. The molecule has 0 fully saturated rings. The van der Waals surface area contributed by atoms with Crippen molar-refractivity contribution in [3.8, 4) is 5.75 Å². The Labute approximate surface area is 136 Å². The molecule has 2 rings (SSSR count). The van der Waals surface area contributed by atoms with Crippen LogP contribution in [0.1, 0.15) is 5.56 Å². The maximum atomic E-state index is 12.8. The maximum absolute atomic E-state index is 12.8. The fourth-order valence-corrected chi connectivity index (χ4v) is 2.09. The molecule has 0 radical (unpaired) electrons. The molecule has 0 aromatic heterocycles. The van der Waals surface area contributed by atoms with E-state index in [-0.39, 0.29) is 12.2 Å². The predicted octanol–water partition coefficient (Wildman–Crippen LogP) is 4.44. The lowest BCUT2D eigenvalue weighted by molar-refractivity contribution is -0.170. The van der Waals surface area contributed by atoms with Crippen molar-refractivity contribution in [3.63, 3.8) is 0 Å². The van der Waals surface area contributed by atoms with Crippen molar-refractivity contribution in [3.05, 3.63) is 59.1 Å². The predicted molar refractivity (Wildman–Crippen MR) is 81.7 cm³/mol. The number of rotatable bonds is 4. The first-order valence-corrected chi connectivity index (χ1v) is 6.96. The molecule has 122 valence electrons. The summed E-state index contributed by atoms with van der Waals surface area (Å²) >= 11 is 5.74. The van der Waals surface area contributed by atoms with Crippen LogP contribution >= 0.6 is 11.6 Å². The quantitative estimate of drug-likeness (QED) is 0.821. The molecule has 7 heteroatoms. The largest absolute Gasteiger partial charge is 0.497 e. The first-order chi connectivity index (χ1) is 10.8. The van der Waals surface area contributed by atoms with Gasteiger partial charge in [-0.15, -0.1) is 0 Å². The Morgan fingerprint density at radius 2 is 1.65 bits per heavy atom. The highest BCUT2D eigenvalue weighted by atomic mass is 35.5. The topological polar surface area (TPSA) is 29.5 Å². The number of anilines is 1. The van der Waals surface area contributed by atoms with Crippen LogP contribution in [0.4, 0.5) is 18.9 Å². The van der Waals surface area contributed by atoms with Crippen LogP contribution in [0.25, 0.3) is 0 Å². The number of hydrogen-bond acceptors (Lipinski definition) is 2. The molecule has 0 bridgehead atoms. The van der Waals surface area contributed by atoms with Crippen LogP contribution in [0.2, 0.25) is 5.02 Å². The minimum absolute atomic E-state index is 0.118. The van der Waals surface area contributed by atoms with Gasteiger partial charge in [0.1, 0.15) is 5.75 Å². The van der Waals surface area contributed by atoms with Gasteiger partial charge in [-0.1, -0.05) is 23.7 Å². The van der Waals surface area contributed by atoms with Crippen LogP contribution in [0.3, 0.4) is 0 Å². The average molecular weight is 344 g/mol. The van der Waals surface area contributed by atoms with Crippen molar-refractivity contribution < 1.29 is 22.7 Å². The number of methoxy groups -OCH3 is 1. The number of hydrogen-bond donors (Lipinski definition) is 0. The zero-order chi connectivity index (χ0) is 17.0. The molecule has 0 aliphatic heterocycles. The van der Waals surface area contributed by atoms with E-state index in [2.05, 4.69) is 0 Å². The van der Waals surface area contributed by atoms with Gasteiger partial charge >= 0.3 is 12.1 Å². The highest BCUT2D eigenvalue weighted by Gasteiger charge is 2.43. The molecule has 0 aliphatic rings. The minimum atomic E-state index is -4.97. The normalized spacial score (nSPS) is 11.2. The van der Waals surface area contributed by atoms with Gasteiger partial charge in [-0.25, -0.2) is 0 Å². The number of benzene rings is 2.